The maximum absolute atomic E-state index is 14.4. The summed E-state index contributed by atoms with van der Waals surface area (Å²) in [6.07, 6.45) is -4.98. The van der Waals surface area contributed by atoms with Gasteiger partial charge in [-0.1, -0.05) is 0 Å². The van der Waals surface area contributed by atoms with Gasteiger partial charge in [0.1, 0.15) is 18.0 Å². The van der Waals surface area contributed by atoms with Gasteiger partial charge in [-0.15, -0.1) is 0 Å². The number of hydrogen-bond acceptors (Lipinski definition) is 7. The number of alkyl halides is 1. The molecule has 0 saturated carbocycles. The van der Waals surface area contributed by atoms with E-state index in [2.05, 4.69) is 21.3 Å². The van der Waals surface area contributed by atoms with Gasteiger partial charge >= 0.3 is 12.4 Å². The average Bonchev–Trinajstić information content (AvgIpc) is 2.65. The molecule has 1 aromatic heterocycles. The van der Waals surface area contributed by atoms with Crippen LogP contribution in [0.2, 0.25) is 0 Å². The molecule has 12 heteroatoms. The molecular formula is C9H13FN3O6PS. The zero-order valence-corrected chi connectivity index (χ0v) is 12.2. The van der Waals surface area contributed by atoms with Gasteiger partial charge in [-0.3, -0.25) is 9.09 Å². The number of hydrogen-bond donors (Lipinski definition) is 4. The predicted octanol–water partition coefficient (Wildman–Crippen LogP) is -1.35. The third-order valence-electron chi connectivity index (χ3n) is 2.83. The van der Waals surface area contributed by atoms with Crippen LogP contribution in [0.5, 0.6) is 0 Å². The zero-order valence-electron chi connectivity index (χ0n) is 10.4. The third-order valence-corrected chi connectivity index (χ3v) is 3.61. The van der Waals surface area contributed by atoms with Gasteiger partial charge in [0.25, 0.3) is 0 Å². The van der Waals surface area contributed by atoms with Gasteiger partial charge < -0.3 is 25.4 Å². The van der Waals surface area contributed by atoms with Crippen molar-refractivity contribution in [3.8, 4) is 0 Å². The van der Waals surface area contributed by atoms with Crippen molar-refractivity contribution < 1.29 is 28.5 Å². The Morgan fingerprint density at radius 2 is 2.29 bits per heavy atom. The Kier molecular flexibility index (Phi) is 4.73. The Hall–Kier alpha value is -0.940. The molecule has 0 aromatic carbocycles. The van der Waals surface area contributed by atoms with Crippen LogP contribution >= 0.6 is 6.72 Å². The van der Waals surface area contributed by atoms with Crippen molar-refractivity contribution in [3.05, 3.63) is 22.7 Å². The Labute approximate surface area is 123 Å². The normalized spacial score (nSPS) is 29.7. The molecule has 0 radical (unpaired) electrons. The van der Waals surface area contributed by atoms with Gasteiger partial charge in [0, 0.05) is 6.20 Å². The largest absolute Gasteiger partial charge is 0.394 e. The number of aliphatic hydroxyl groups is 1. The lowest BCUT2D eigenvalue weighted by atomic mass is 10.1. The molecule has 5 N–H and O–H groups in total. The summed E-state index contributed by atoms with van der Waals surface area (Å²) in [5.41, 5.74) is 4.47. The van der Waals surface area contributed by atoms with Gasteiger partial charge in [-0.2, -0.15) is 4.98 Å². The molecule has 2 rings (SSSR count). The molecule has 1 aliphatic heterocycles. The summed E-state index contributed by atoms with van der Waals surface area (Å²) in [7, 11) is 0. The van der Waals surface area contributed by atoms with E-state index in [0.717, 1.165) is 4.57 Å². The highest BCUT2D eigenvalue weighted by Gasteiger charge is 2.48. The number of aromatic nitrogens is 2. The first-order chi connectivity index (χ1) is 9.73. The van der Waals surface area contributed by atoms with Crippen molar-refractivity contribution in [2.45, 2.75) is 24.6 Å². The highest BCUT2D eigenvalue weighted by atomic mass is 32.5. The molecule has 1 aromatic rings. The first-order valence-electron chi connectivity index (χ1n) is 5.72. The zero-order chi connectivity index (χ0) is 15.8. The molecule has 0 bridgehead atoms. The molecule has 0 aliphatic carbocycles. The van der Waals surface area contributed by atoms with Crippen molar-refractivity contribution in [1.29, 1.82) is 0 Å². The second-order valence-corrected chi connectivity index (χ2v) is 6.91. The van der Waals surface area contributed by atoms with Crippen molar-refractivity contribution in [3.63, 3.8) is 0 Å². The van der Waals surface area contributed by atoms with Crippen LogP contribution in [0.3, 0.4) is 0 Å². The van der Waals surface area contributed by atoms with Crippen LogP contribution in [0, 0.1) is 0 Å². The van der Waals surface area contributed by atoms with Gasteiger partial charge in [-0.25, -0.2) is 9.18 Å². The number of ether oxygens (including phenoxy) is 1. The number of aliphatic hydroxyl groups excluding tert-OH is 1. The molecule has 118 valence electrons. The van der Waals surface area contributed by atoms with Gasteiger partial charge in [0.05, 0.1) is 6.61 Å². The molecule has 4 atom stereocenters. The van der Waals surface area contributed by atoms with Crippen LogP contribution in [-0.2, 0) is 21.1 Å². The number of nitrogens with zero attached hydrogens (tertiary/aromatic N) is 2. The van der Waals surface area contributed by atoms with E-state index in [-0.39, 0.29) is 5.82 Å². The fourth-order valence-electron chi connectivity index (χ4n) is 1.97. The topological polar surface area (TPSA) is 140 Å². The van der Waals surface area contributed by atoms with Gasteiger partial charge in [0.15, 0.2) is 12.4 Å². The summed E-state index contributed by atoms with van der Waals surface area (Å²) in [6, 6.07) is 1.27. The molecule has 9 nitrogen and oxygen atoms in total. The standard InChI is InChI=1S/C9H13FN3O6PS/c10-6-7(19-20(16,17)21)4(3-14)18-8(6)13-2-1-5(11)12-9(13)15/h1-2,4,6-8,14H,3H2,(H2,11,12,15)(H2,16,17,21)/t4-,6-,7-,8-/m1/s1. The van der Waals surface area contributed by atoms with E-state index in [0.29, 0.717) is 0 Å². The maximum atomic E-state index is 14.4. The summed E-state index contributed by atoms with van der Waals surface area (Å²) < 4.78 is 25.0. The van der Waals surface area contributed by atoms with Crippen molar-refractivity contribution in [2.75, 3.05) is 12.3 Å². The average molecular weight is 341 g/mol. The van der Waals surface area contributed by atoms with Gasteiger partial charge in [0.2, 0.25) is 0 Å². The lowest BCUT2D eigenvalue weighted by molar-refractivity contribution is -0.0476. The first kappa shape index (κ1) is 16.4. The second kappa shape index (κ2) is 6.05. The van der Waals surface area contributed by atoms with E-state index < -0.39 is 43.6 Å². The third kappa shape index (κ3) is 3.64. The minimum Gasteiger partial charge on any atom is -0.394 e. The molecule has 1 aliphatic rings. The lowest BCUT2D eigenvalue weighted by Gasteiger charge is -2.20. The van der Waals surface area contributed by atoms with Gasteiger partial charge in [-0.05, 0) is 17.9 Å². The van der Waals surface area contributed by atoms with Crippen LogP contribution in [0.15, 0.2) is 17.1 Å². The minimum atomic E-state index is -4.16. The minimum absolute atomic E-state index is 0.0441. The Morgan fingerprint density at radius 1 is 1.62 bits per heavy atom. The second-order valence-electron chi connectivity index (χ2n) is 4.29. The van der Waals surface area contributed by atoms with Crippen molar-refractivity contribution in [1.82, 2.24) is 9.55 Å². The molecule has 21 heavy (non-hydrogen) atoms. The highest BCUT2D eigenvalue weighted by molar-refractivity contribution is 8.06. The smallest absolute Gasteiger partial charge is 0.351 e. The summed E-state index contributed by atoms with van der Waals surface area (Å²) in [4.78, 5) is 33.3. The molecule has 1 saturated heterocycles. The van der Waals surface area contributed by atoms with E-state index in [1.54, 1.807) is 0 Å². The Bertz CT molecular complexity index is 624. The molecule has 0 unspecified atom stereocenters. The summed E-state index contributed by atoms with van der Waals surface area (Å²) >= 11 is 4.27. The highest BCUT2D eigenvalue weighted by Crippen LogP contribution is 2.44. The number of nitrogens with two attached hydrogens (primary N) is 1. The molecule has 0 spiro atoms. The van der Waals surface area contributed by atoms with E-state index in [9.17, 15) is 9.18 Å². The molecule has 1 fully saturated rings. The van der Waals surface area contributed by atoms with Crippen molar-refractivity contribution in [2.24, 2.45) is 0 Å². The fourth-order valence-corrected chi connectivity index (χ4v) is 2.84. The van der Waals surface area contributed by atoms with Crippen molar-refractivity contribution >= 4 is 24.3 Å². The summed E-state index contributed by atoms with van der Waals surface area (Å²) in [5.74, 6) is -0.0441. The fraction of sp³-hybridized carbons (Fsp3) is 0.556. The van der Waals surface area contributed by atoms with E-state index in [1.165, 1.54) is 12.3 Å². The van der Waals surface area contributed by atoms with Crippen LogP contribution in [0.4, 0.5) is 10.2 Å². The SMILES string of the molecule is Nc1ccn([C@@H]2O[C@H](CO)[C@@H](OP(O)(O)=S)[C@H]2F)c(=O)n1. The van der Waals surface area contributed by atoms with Crippen LogP contribution < -0.4 is 11.4 Å². The summed E-state index contributed by atoms with van der Waals surface area (Å²) in [5, 5.41) is 9.15. The molecular weight excluding hydrogens is 328 g/mol. The lowest BCUT2D eigenvalue weighted by Crippen LogP contribution is -2.35. The monoisotopic (exact) mass is 341 g/mol. The van der Waals surface area contributed by atoms with Crippen LogP contribution in [0.1, 0.15) is 6.23 Å². The summed E-state index contributed by atoms with van der Waals surface area (Å²) in [6.45, 7) is -4.82. The van der Waals surface area contributed by atoms with E-state index in [4.69, 9.17) is 25.4 Å². The Balaban J connectivity index is 2.31. The molecule has 0 amide bonds. The van der Waals surface area contributed by atoms with Crippen LogP contribution in [-0.4, -0.2) is 49.4 Å². The number of anilines is 1. The predicted molar refractivity (Wildman–Crippen MR) is 72.4 cm³/mol. The quantitative estimate of drug-likeness (QED) is 0.489. The number of rotatable bonds is 4. The first-order valence-corrected chi connectivity index (χ1v) is 8.34. The number of nitrogen functional groups attached to an aromatic ring is 1. The number of halogens is 1. The molecule has 2 heterocycles. The van der Waals surface area contributed by atoms with E-state index >= 15 is 0 Å². The Morgan fingerprint density at radius 3 is 2.81 bits per heavy atom. The van der Waals surface area contributed by atoms with Crippen LogP contribution in [0.25, 0.3) is 0 Å². The van der Waals surface area contributed by atoms with E-state index in [1.807, 2.05) is 0 Å². The maximum Gasteiger partial charge on any atom is 0.351 e.